The second kappa shape index (κ2) is 7.16. The average molecular weight is 378 g/mol. The van der Waals surface area contributed by atoms with Gasteiger partial charge in [0.25, 0.3) is 0 Å². The summed E-state index contributed by atoms with van der Waals surface area (Å²) in [6.45, 7) is 3.80. The third-order valence-corrected chi connectivity index (χ3v) is 5.43. The van der Waals surface area contributed by atoms with Crippen molar-refractivity contribution in [2.24, 2.45) is 0 Å². The third-order valence-electron chi connectivity index (χ3n) is 5.43. The average Bonchev–Trinajstić information content (AvgIpc) is 3.35. The lowest BCUT2D eigenvalue weighted by Crippen LogP contribution is -2.36. The van der Waals surface area contributed by atoms with Crippen molar-refractivity contribution in [2.75, 3.05) is 42.7 Å². The lowest BCUT2D eigenvalue weighted by atomic mass is 10.0. The van der Waals surface area contributed by atoms with Crippen LogP contribution in [0.1, 0.15) is 5.56 Å². The van der Waals surface area contributed by atoms with Gasteiger partial charge in [0, 0.05) is 24.5 Å². The maximum absolute atomic E-state index is 12.4. The summed E-state index contributed by atoms with van der Waals surface area (Å²) in [6.07, 6.45) is 2.11. The molecule has 7 nitrogen and oxygen atoms in total. The van der Waals surface area contributed by atoms with Crippen LogP contribution in [0.25, 0.3) is 11.0 Å². The summed E-state index contributed by atoms with van der Waals surface area (Å²) in [4.78, 5) is 23.8. The predicted molar refractivity (Wildman–Crippen MR) is 107 cm³/mol. The number of cyclic esters (lactones) is 1. The van der Waals surface area contributed by atoms with Crippen LogP contribution < -0.4 is 9.80 Å². The van der Waals surface area contributed by atoms with Gasteiger partial charge in [-0.1, -0.05) is 12.1 Å². The summed E-state index contributed by atoms with van der Waals surface area (Å²) in [7, 11) is 0. The minimum Gasteiger partial charge on any atom is -0.447 e. The largest absolute Gasteiger partial charge is 0.447 e. The van der Waals surface area contributed by atoms with E-state index in [1.807, 2.05) is 18.2 Å². The highest BCUT2D eigenvalue weighted by Crippen LogP contribution is 2.28. The lowest BCUT2D eigenvalue weighted by molar-refractivity contribution is 0.122. The van der Waals surface area contributed by atoms with E-state index in [1.54, 1.807) is 11.2 Å². The number of anilines is 2. The van der Waals surface area contributed by atoms with E-state index in [0.717, 1.165) is 49.4 Å². The van der Waals surface area contributed by atoms with Gasteiger partial charge in [-0.3, -0.25) is 4.90 Å². The normalized spacial score (nSPS) is 20.0. The van der Waals surface area contributed by atoms with Crippen molar-refractivity contribution in [3.05, 3.63) is 54.4 Å². The summed E-state index contributed by atoms with van der Waals surface area (Å²) in [6, 6.07) is 14.4. The van der Waals surface area contributed by atoms with Gasteiger partial charge in [0.2, 0.25) is 0 Å². The molecule has 2 saturated heterocycles. The molecule has 3 heterocycles. The van der Waals surface area contributed by atoms with Gasteiger partial charge >= 0.3 is 6.09 Å². The van der Waals surface area contributed by atoms with Gasteiger partial charge < -0.3 is 19.4 Å². The molecule has 1 atom stereocenters. The Morgan fingerprint density at radius 2 is 1.86 bits per heavy atom. The van der Waals surface area contributed by atoms with E-state index in [2.05, 4.69) is 39.1 Å². The second-order valence-electron chi connectivity index (χ2n) is 7.17. The van der Waals surface area contributed by atoms with Gasteiger partial charge in [-0.2, -0.15) is 0 Å². The second-order valence-corrected chi connectivity index (χ2v) is 7.17. The van der Waals surface area contributed by atoms with E-state index in [9.17, 15) is 4.79 Å². The van der Waals surface area contributed by atoms with Gasteiger partial charge in [0.05, 0.1) is 36.6 Å². The molecule has 5 rings (SSSR count). The zero-order valence-electron chi connectivity index (χ0n) is 15.5. The fraction of sp³-hybridized carbons (Fsp3) is 0.333. The molecule has 0 spiro atoms. The van der Waals surface area contributed by atoms with E-state index < -0.39 is 0 Å². The predicted octanol–water partition coefficient (Wildman–Crippen LogP) is 2.97. The van der Waals surface area contributed by atoms with Crippen LogP contribution >= 0.6 is 0 Å². The minimum absolute atomic E-state index is 0.0258. The molecule has 1 amide bonds. The van der Waals surface area contributed by atoms with Crippen molar-refractivity contribution in [1.29, 1.82) is 0 Å². The molecular formula is C21H22N4O3. The van der Waals surface area contributed by atoms with E-state index in [0.29, 0.717) is 6.61 Å². The first-order valence-corrected chi connectivity index (χ1v) is 9.59. The Bertz CT molecular complexity index is 979. The summed E-state index contributed by atoms with van der Waals surface area (Å²) >= 11 is 0. The van der Waals surface area contributed by atoms with Crippen LogP contribution in [0, 0.1) is 0 Å². The van der Waals surface area contributed by atoms with Crippen molar-refractivity contribution in [2.45, 2.75) is 12.5 Å². The number of benzene rings is 2. The molecule has 2 aliphatic rings. The van der Waals surface area contributed by atoms with Crippen LogP contribution in [-0.4, -0.2) is 55.0 Å². The first kappa shape index (κ1) is 17.1. The number of rotatable bonds is 4. The molecule has 0 aliphatic carbocycles. The van der Waals surface area contributed by atoms with Crippen LogP contribution in [0.5, 0.6) is 0 Å². The molecule has 1 aromatic heterocycles. The number of ether oxygens (including phenoxy) is 2. The van der Waals surface area contributed by atoms with Crippen molar-refractivity contribution >= 4 is 28.5 Å². The van der Waals surface area contributed by atoms with Crippen LogP contribution in [0.15, 0.2) is 48.8 Å². The van der Waals surface area contributed by atoms with Gasteiger partial charge in [-0.05, 0) is 42.3 Å². The highest BCUT2D eigenvalue weighted by molar-refractivity contribution is 5.93. The maximum atomic E-state index is 12.4. The number of hydrogen-bond acceptors (Lipinski definition) is 5. The molecule has 0 radical (unpaired) electrons. The summed E-state index contributed by atoms with van der Waals surface area (Å²) < 4.78 is 10.8. The fourth-order valence-corrected chi connectivity index (χ4v) is 3.94. The monoisotopic (exact) mass is 378 g/mol. The standard InChI is InChI=1S/C21H22N4O3/c26-21-25(17-5-6-19-20(12-17)23-14-22-19)18(13-28-21)11-15-1-3-16(4-2-15)24-7-9-27-10-8-24/h1-6,12,14,18H,7-11,13H2,(H,22,23). The molecule has 0 saturated carbocycles. The topological polar surface area (TPSA) is 70.7 Å². The number of aromatic amines is 1. The number of aromatic nitrogens is 2. The smallest absolute Gasteiger partial charge is 0.414 e. The lowest BCUT2D eigenvalue weighted by Gasteiger charge is -2.29. The van der Waals surface area contributed by atoms with Gasteiger partial charge in [-0.25, -0.2) is 9.78 Å². The number of H-pyrrole nitrogens is 1. The minimum atomic E-state index is -0.297. The van der Waals surface area contributed by atoms with Crippen molar-refractivity contribution < 1.29 is 14.3 Å². The van der Waals surface area contributed by atoms with Crippen LogP contribution in [0.4, 0.5) is 16.2 Å². The maximum Gasteiger partial charge on any atom is 0.414 e. The molecule has 3 aromatic rings. The number of carbonyl (C=O) groups excluding carboxylic acids is 1. The zero-order valence-corrected chi connectivity index (χ0v) is 15.5. The Kier molecular flexibility index (Phi) is 4.37. The fourth-order valence-electron chi connectivity index (χ4n) is 3.94. The van der Waals surface area contributed by atoms with Crippen molar-refractivity contribution in [3.63, 3.8) is 0 Å². The molecule has 1 N–H and O–H groups in total. The zero-order chi connectivity index (χ0) is 18.9. The molecule has 28 heavy (non-hydrogen) atoms. The van der Waals surface area contributed by atoms with E-state index >= 15 is 0 Å². The Morgan fingerprint density at radius 1 is 1.07 bits per heavy atom. The molecular weight excluding hydrogens is 356 g/mol. The van der Waals surface area contributed by atoms with Crippen molar-refractivity contribution in [3.8, 4) is 0 Å². The number of amides is 1. The molecule has 1 unspecified atom stereocenters. The number of morpholine rings is 1. The Labute approximate surface area is 162 Å². The quantitative estimate of drug-likeness (QED) is 0.756. The van der Waals surface area contributed by atoms with E-state index in [1.165, 1.54) is 11.3 Å². The summed E-state index contributed by atoms with van der Waals surface area (Å²) in [5.41, 5.74) is 5.02. The van der Waals surface area contributed by atoms with Crippen LogP contribution in [0.2, 0.25) is 0 Å². The Balaban J connectivity index is 1.34. The van der Waals surface area contributed by atoms with Crippen molar-refractivity contribution in [1.82, 2.24) is 9.97 Å². The molecule has 0 bridgehead atoms. The van der Waals surface area contributed by atoms with Crippen LogP contribution in [-0.2, 0) is 15.9 Å². The molecule has 7 heteroatoms. The number of hydrogen-bond donors (Lipinski definition) is 1. The first-order valence-electron chi connectivity index (χ1n) is 9.59. The highest BCUT2D eigenvalue weighted by Gasteiger charge is 2.34. The Hall–Kier alpha value is -3.06. The molecule has 144 valence electrons. The van der Waals surface area contributed by atoms with Crippen LogP contribution in [0.3, 0.4) is 0 Å². The number of fused-ring (bicyclic) bond motifs is 1. The SMILES string of the molecule is O=C1OCC(Cc2ccc(N3CCOCC3)cc2)N1c1ccc2nc[nH]c2c1. The summed E-state index contributed by atoms with van der Waals surface area (Å²) in [5, 5.41) is 0. The number of carbonyl (C=O) groups is 1. The molecule has 2 aromatic carbocycles. The van der Waals surface area contributed by atoms with E-state index in [-0.39, 0.29) is 12.1 Å². The number of nitrogens with zero attached hydrogens (tertiary/aromatic N) is 3. The molecule has 2 fully saturated rings. The molecule has 2 aliphatic heterocycles. The third kappa shape index (κ3) is 3.18. The van der Waals surface area contributed by atoms with Gasteiger partial charge in [0.15, 0.2) is 0 Å². The number of imidazole rings is 1. The van der Waals surface area contributed by atoms with Gasteiger partial charge in [0.1, 0.15) is 6.61 Å². The first-order chi connectivity index (χ1) is 13.8. The highest BCUT2D eigenvalue weighted by atomic mass is 16.6. The van der Waals surface area contributed by atoms with E-state index in [4.69, 9.17) is 9.47 Å². The Morgan fingerprint density at radius 3 is 2.68 bits per heavy atom. The summed E-state index contributed by atoms with van der Waals surface area (Å²) in [5.74, 6) is 0. The number of nitrogens with one attached hydrogen (secondary N) is 1. The van der Waals surface area contributed by atoms with Gasteiger partial charge in [-0.15, -0.1) is 0 Å².